The van der Waals surface area contributed by atoms with Gasteiger partial charge in [0.15, 0.2) is 5.78 Å². The quantitative estimate of drug-likeness (QED) is 0.0933. The molecule has 0 saturated heterocycles. The fourth-order valence-corrected chi connectivity index (χ4v) is 4.27. The van der Waals surface area contributed by atoms with Crippen molar-refractivity contribution in [3.8, 4) is 5.75 Å². The molecule has 1 heterocycles. The number of hydrogen-bond donors (Lipinski definition) is 2. The van der Waals surface area contributed by atoms with Gasteiger partial charge in [-0.3, -0.25) is 4.79 Å². The van der Waals surface area contributed by atoms with Crippen molar-refractivity contribution in [2.75, 3.05) is 17.0 Å². The number of nitrogens with one attached hydrogen (secondary N) is 1. The van der Waals surface area contributed by atoms with E-state index >= 15 is 0 Å². The molecular weight excluding hydrogens is 528 g/mol. The number of thioether (sulfide) groups is 1. The summed E-state index contributed by atoms with van der Waals surface area (Å²) >= 11 is 4.68. The SMILES string of the molecule is Cc1ccc(C(=O)CSc2nnc(N/N=C/c3ccccc3OCc3cccc(Br)c3)n2N)cc1. The number of Topliss-reactive ketones (excluding diaryl/α,β-unsaturated/α-hetero) is 1. The Bertz CT molecular complexity index is 1340. The van der Waals surface area contributed by atoms with Crippen LogP contribution in [0.15, 0.2) is 87.5 Å². The van der Waals surface area contributed by atoms with Crippen molar-refractivity contribution in [3.63, 3.8) is 0 Å². The number of carbonyl (C=O) groups excluding carboxylic acids is 1. The number of aryl methyl sites for hydroxylation is 1. The number of aromatic nitrogens is 3. The summed E-state index contributed by atoms with van der Waals surface area (Å²) < 4.78 is 8.24. The standard InChI is InChI=1S/C25H23BrN6O2S/c1-17-9-11-19(12-10-17)22(33)16-35-25-31-30-24(32(25)27)29-28-14-20-6-2-3-8-23(20)34-15-18-5-4-7-21(26)13-18/h2-14H,15-16,27H2,1H3,(H,29,30)/b28-14+. The number of hydrazone groups is 1. The Morgan fingerprint density at radius 2 is 1.94 bits per heavy atom. The number of para-hydroxylation sites is 1. The van der Waals surface area contributed by atoms with Crippen LogP contribution < -0.4 is 16.0 Å². The maximum atomic E-state index is 12.4. The van der Waals surface area contributed by atoms with Gasteiger partial charge < -0.3 is 10.6 Å². The van der Waals surface area contributed by atoms with Gasteiger partial charge in [-0.2, -0.15) is 5.10 Å². The third-order valence-electron chi connectivity index (χ3n) is 4.94. The molecule has 0 aliphatic rings. The zero-order chi connectivity index (χ0) is 24.6. The lowest BCUT2D eigenvalue weighted by Crippen LogP contribution is -2.14. The lowest BCUT2D eigenvalue weighted by atomic mass is 10.1. The number of nitrogen functional groups attached to an aromatic ring is 1. The number of nitrogens with two attached hydrogens (primary N) is 1. The van der Waals surface area contributed by atoms with Crippen LogP contribution in [-0.4, -0.2) is 32.6 Å². The summed E-state index contributed by atoms with van der Waals surface area (Å²) in [6.07, 6.45) is 1.62. The number of ether oxygens (including phenoxy) is 1. The largest absolute Gasteiger partial charge is 0.488 e. The monoisotopic (exact) mass is 550 g/mol. The summed E-state index contributed by atoms with van der Waals surface area (Å²) in [5, 5.41) is 12.7. The van der Waals surface area contributed by atoms with Gasteiger partial charge in [-0.25, -0.2) is 10.1 Å². The maximum Gasteiger partial charge on any atom is 0.264 e. The van der Waals surface area contributed by atoms with E-state index in [-0.39, 0.29) is 17.5 Å². The van der Waals surface area contributed by atoms with E-state index in [0.29, 0.717) is 23.1 Å². The number of ketones is 1. The Morgan fingerprint density at radius 1 is 1.14 bits per heavy atom. The molecule has 178 valence electrons. The van der Waals surface area contributed by atoms with E-state index in [1.807, 2.05) is 79.7 Å². The first-order valence-electron chi connectivity index (χ1n) is 10.7. The normalized spacial score (nSPS) is 11.0. The molecule has 1 aromatic heterocycles. The van der Waals surface area contributed by atoms with Crippen LogP contribution in [0.3, 0.4) is 0 Å². The van der Waals surface area contributed by atoms with Crippen LogP contribution in [0.5, 0.6) is 5.75 Å². The van der Waals surface area contributed by atoms with Gasteiger partial charge in [0.05, 0.1) is 12.0 Å². The fraction of sp³-hybridized carbons (Fsp3) is 0.120. The van der Waals surface area contributed by atoms with Gasteiger partial charge in [-0.15, -0.1) is 10.2 Å². The molecule has 10 heteroatoms. The molecule has 3 aromatic carbocycles. The average Bonchev–Trinajstić information content (AvgIpc) is 3.21. The summed E-state index contributed by atoms with van der Waals surface area (Å²) in [7, 11) is 0. The third kappa shape index (κ3) is 6.71. The van der Waals surface area contributed by atoms with Gasteiger partial charge in [-0.1, -0.05) is 81.8 Å². The molecular formula is C25H23BrN6O2S. The minimum atomic E-state index is -0.00926. The first kappa shape index (κ1) is 24.5. The molecule has 35 heavy (non-hydrogen) atoms. The van der Waals surface area contributed by atoms with Crippen molar-refractivity contribution in [2.24, 2.45) is 5.10 Å². The van der Waals surface area contributed by atoms with E-state index in [1.165, 1.54) is 16.4 Å². The van der Waals surface area contributed by atoms with Gasteiger partial charge in [0.1, 0.15) is 12.4 Å². The summed E-state index contributed by atoms with van der Waals surface area (Å²) in [6.45, 7) is 2.41. The second-order valence-corrected chi connectivity index (χ2v) is 9.44. The highest BCUT2D eigenvalue weighted by molar-refractivity contribution is 9.10. The van der Waals surface area contributed by atoms with E-state index in [4.69, 9.17) is 10.6 Å². The molecule has 0 atom stereocenters. The lowest BCUT2D eigenvalue weighted by molar-refractivity contribution is 0.102. The van der Waals surface area contributed by atoms with E-state index in [9.17, 15) is 4.79 Å². The van der Waals surface area contributed by atoms with Crippen LogP contribution >= 0.6 is 27.7 Å². The minimum Gasteiger partial charge on any atom is -0.488 e. The number of hydrogen-bond acceptors (Lipinski definition) is 8. The first-order valence-corrected chi connectivity index (χ1v) is 12.5. The van der Waals surface area contributed by atoms with Crippen molar-refractivity contribution < 1.29 is 9.53 Å². The van der Waals surface area contributed by atoms with Crippen LogP contribution in [0.4, 0.5) is 5.95 Å². The summed E-state index contributed by atoms with van der Waals surface area (Å²) in [5.74, 6) is 7.21. The molecule has 4 rings (SSSR count). The van der Waals surface area contributed by atoms with Gasteiger partial charge >= 0.3 is 0 Å². The van der Waals surface area contributed by atoms with Crippen LogP contribution in [-0.2, 0) is 6.61 Å². The number of anilines is 1. The summed E-state index contributed by atoms with van der Waals surface area (Å²) in [4.78, 5) is 12.4. The molecule has 0 saturated carbocycles. The van der Waals surface area contributed by atoms with Crippen LogP contribution in [0, 0.1) is 6.92 Å². The molecule has 0 spiro atoms. The highest BCUT2D eigenvalue weighted by Crippen LogP contribution is 2.20. The summed E-state index contributed by atoms with van der Waals surface area (Å²) in [6, 6.07) is 23.0. The second-order valence-electron chi connectivity index (χ2n) is 7.58. The number of halogens is 1. The number of rotatable bonds is 10. The lowest BCUT2D eigenvalue weighted by Gasteiger charge is -2.09. The molecule has 0 fully saturated rings. The number of carbonyl (C=O) groups is 1. The smallest absolute Gasteiger partial charge is 0.264 e. The molecule has 0 amide bonds. The number of nitrogens with zero attached hydrogens (tertiary/aromatic N) is 4. The van der Waals surface area contributed by atoms with E-state index in [1.54, 1.807) is 6.21 Å². The first-order chi connectivity index (χ1) is 17.0. The summed E-state index contributed by atoms with van der Waals surface area (Å²) in [5.41, 5.74) is 6.38. The predicted molar refractivity (Wildman–Crippen MR) is 143 cm³/mol. The zero-order valence-corrected chi connectivity index (χ0v) is 21.3. The molecule has 0 unspecified atom stereocenters. The molecule has 4 aromatic rings. The Hall–Kier alpha value is -3.63. The van der Waals surface area contributed by atoms with E-state index in [0.717, 1.165) is 21.2 Å². The van der Waals surface area contributed by atoms with Gasteiger partial charge in [-0.05, 0) is 36.8 Å². The Kier molecular flexibility index (Phi) is 8.17. The van der Waals surface area contributed by atoms with Gasteiger partial charge in [0, 0.05) is 15.6 Å². The number of benzene rings is 3. The average molecular weight is 551 g/mol. The zero-order valence-electron chi connectivity index (χ0n) is 18.9. The highest BCUT2D eigenvalue weighted by atomic mass is 79.9. The highest BCUT2D eigenvalue weighted by Gasteiger charge is 2.13. The third-order valence-corrected chi connectivity index (χ3v) is 6.38. The van der Waals surface area contributed by atoms with Crippen molar-refractivity contribution in [2.45, 2.75) is 18.7 Å². The van der Waals surface area contributed by atoms with Crippen molar-refractivity contribution in [1.82, 2.24) is 14.9 Å². The molecule has 0 aliphatic carbocycles. The maximum absolute atomic E-state index is 12.4. The van der Waals surface area contributed by atoms with Crippen molar-refractivity contribution in [3.05, 3.63) is 99.5 Å². The Morgan fingerprint density at radius 3 is 2.74 bits per heavy atom. The van der Waals surface area contributed by atoms with Crippen molar-refractivity contribution >= 4 is 45.6 Å². The topological polar surface area (TPSA) is 107 Å². The molecule has 3 N–H and O–H groups in total. The molecule has 0 bridgehead atoms. The minimum absolute atomic E-state index is 0.00926. The van der Waals surface area contributed by atoms with Crippen LogP contribution in [0.1, 0.15) is 27.0 Å². The Labute approximate surface area is 215 Å². The second kappa shape index (κ2) is 11.7. The van der Waals surface area contributed by atoms with Gasteiger partial charge in [0.25, 0.3) is 5.95 Å². The Balaban J connectivity index is 1.34. The van der Waals surface area contributed by atoms with Crippen molar-refractivity contribution in [1.29, 1.82) is 0 Å². The van der Waals surface area contributed by atoms with Gasteiger partial charge in [0.2, 0.25) is 5.16 Å². The molecule has 0 radical (unpaired) electrons. The van der Waals surface area contributed by atoms with E-state index in [2.05, 4.69) is 36.7 Å². The molecule has 8 nitrogen and oxygen atoms in total. The predicted octanol–water partition coefficient (Wildman–Crippen LogP) is 5.06. The van der Waals surface area contributed by atoms with Crippen LogP contribution in [0.2, 0.25) is 0 Å². The fourth-order valence-electron chi connectivity index (χ4n) is 3.07. The van der Waals surface area contributed by atoms with Crippen LogP contribution in [0.25, 0.3) is 0 Å². The molecule has 0 aliphatic heterocycles. The van der Waals surface area contributed by atoms with E-state index < -0.39 is 0 Å².